The molecule has 2 heterocycles. The molecular formula is C21H30N4O2S. The summed E-state index contributed by atoms with van der Waals surface area (Å²) in [5.74, 6) is 1.52. The minimum absolute atomic E-state index is 0.0509. The Hall–Kier alpha value is -2.02. The Labute approximate surface area is 171 Å². The van der Waals surface area contributed by atoms with Crippen molar-refractivity contribution in [3.8, 4) is 0 Å². The molecule has 152 valence electrons. The molecule has 7 heteroatoms. The van der Waals surface area contributed by atoms with Crippen LogP contribution in [0.1, 0.15) is 34.1 Å². The van der Waals surface area contributed by atoms with Gasteiger partial charge in [0, 0.05) is 19.1 Å². The maximum absolute atomic E-state index is 12.7. The van der Waals surface area contributed by atoms with Gasteiger partial charge in [-0.05, 0) is 44.2 Å². The molecule has 1 aliphatic rings. The summed E-state index contributed by atoms with van der Waals surface area (Å²) in [5.41, 5.74) is 1.76. The van der Waals surface area contributed by atoms with Crippen LogP contribution in [-0.2, 0) is 16.1 Å². The molecule has 1 N–H and O–H groups in total. The number of para-hydroxylation sites is 2. The Kier molecular flexibility index (Phi) is 6.65. The van der Waals surface area contributed by atoms with Gasteiger partial charge in [0.05, 0.1) is 16.8 Å². The third-order valence-electron chi connectivity index (χ3n) is 4.92. The largest absolute Gasteiger partial charge is 0.352 e. The van der Waals surface area contributed by atoms with E-state index in [0.717, 1.165) is 24.1 Å². The minimum atomic E-state index is -0.0509. The van der Waals surface area contributed by atoms with Crippen molar-refractivity contribution >= 4 is 34.6 Å². The second kappa shape index (κ2) is 8.99. The van der Waals surface area contributed by atoms with E-state index in [0.29, 0.717) is 22.7 Å². The highest BCUT2D eigenvalue weighted by atomic mass is 32.2. The van der Waals surface area contributed by atoms with Crippen LogP contribution in [0.3, 0.4) is 0 Å². The molecule has 0 unspecified atom stereocenters. The molecule has 0 radical (unpaired) electrons. The summed E-state index contributed by atoms with van der Waals surface area (Å²) < 4.78 is 1.91. The van der Waals surface area contributed by atoms with Gasteiger partial charge in [0.2, 0.25) is 11.8 Å². The average molecular weight is 403 g/mol. The zero-order chi connectivity index (χ0) is 20.3. The molecule has 28 heavy (non-hydrogen) atoms. The van der Waals surface area contributed by atoms with E-state index in [1.54, 1.807) is 0 Å². The molecule has 1 aromatic carbocycles. The molecule has 1 fully saturated rings. The highest BCUT2D eigenvalue weighted by Gasteiger charge is 2.26. The zero-order valence-electron chi connectivity index (χ0n) is 17.1. The number of nitrogens with one attached hydrogen (secondary N) is 1. The number of nitrogens with zero attached hydrogens (tertiary/aromatic N) is 3. The molecule has 2 atom stereocenters. The number of imidazole rings is 1. The number of aromatic nitrogens is 2. The van der Waals surface area contributed by atoms with E-state index in [1.165, 1.54) is 18.2 Å². The third kappa shape index (κ3) is 5.07. The van der Waals surface area contributed by atoms with Gasteiger partial charge in [0.1, 0.15) is 6.54 Å². The fourth-order valence-electron chi connectivity index (χ4n) is 3.91. The van der Waals surface area contributed by atoms with Gasteiger partial charge in [-0.1, -0.05) is 37.7 Å². The quantitative estimate of drug-likeness (QED) is 0.754. The number of carbonyl (C=O) groups excluding carboxylic acids is 2. The van der Waals surface area contributed by atoms with Gasteiger partial charge in [-0.25, -0.2) is 4.98 Å². The summed E-state index contributed by atoms with van der Waals surface area (Å²) in [6, 6.07) is 7.86. The minimum Gasteiger partial charge on any atom is -0.352 e. The first-order chi connectivity index (χ1) is 13.3. The number of likely N-dealkylation sites (tertiary alicyclic amines) is 1. The molecular weight excluding hydrogens is 372 g/mol. The Balaban J connectivity index is 1.74. The van der Waals surface area contributed by atoms with E-state index in [1.807, 2.05) is 47.6 Å². The fraction of sp³-hybridized carbons (Fsp3) is 0.571. The van der Waals surface area contributed by atoms with Crippen molar-refractivity contribution in [1.82, 2.24) is 19.8 Å². The van der Waals surface area contributed by atoms with Gasteiger partial charge < -0.3 is 14.8 Å². The Morgan fingerprint density at radius 2 is 1.89 bits per heavy atom. The SMILES string of the molecule is CC(C)NC(=O)Cn1c(SCC(=O)N2C[C@H](C)C[C@@H](C)C2)nc2ccccc21. The standard InChI is InChI=1S/C21H30N4O2S/c1-14(2)22-19(26)12-25-18-8-6-5-7-17(18)23-21(25)28-13-20(27)24-10-15(3)9-16(4)11-24/h5-8,14-16H,9-13H2,1-4H3,(H,22,26)/t15-,16-/m1/s1. The predicted octanol–water partition coefficient (Wildman–Crippen LogP) is 3.16. The molecule has 1 aliphatic heterocycles. The van der Waals surface area contributed by atoms with Gasteiger partial charge in [-0.2, -0.15) is 0 Å². The number of carbonyl (C=O) groups is 2. The number of hydrogen-bond donors (Lipinski definition) is 1. The molecule has 0 aliphatic carbocycles. The first-order valence-corrected chi connectivity index (χ1v) is 11.0. The normalized spacial score (nSPS) is 20.0. The Morgan fingerprint density at radius 1 is 1.21 bits per heavy atom. The molecule has 1 aromatic heterocycles. The van der Waals surface area contributed by atoms with Crippen LogP contribution in [0.25, 0.3) is 11.0 Å². The van der Waals surface area contributed by atoms with Crippen LogP contribution >= 0.6 is 11.8 Å². The predicted molar refractivity (Wildman–Crippen MR) is 113 cm³/mol. The third-order valence-corrected chi connectivity index (χ3v) is 5.88. The highest BCUT2D eigenvalue weighted by molar-refractivity contribution is 7.99. The number of hydrogen-bond acceptors (Lipinski definition) is 4. The van der Waals surface area contributed by atoms with Crippen molar-refractivity contribution in [2.24, 2.45) is 11.8 Å². The molecule has 0 spiro atoms. The first-order valence-electron chi connectivity index (χ1n) is 9.98. The summed E-state index contributed by atoms with van der Waals surface area (Å²) >= 11 is 1.42. The van der Waals surface area contributed by atoms with E-state index >= 15 is 0 Å². The lowest BCUT2D eigenvalue weighted by Gasteiger charge is -2.35. The summed E-state index contributed by atoms with van der Waals surface area (Å²) in [6.07, 6.45) is 1.18. The van der Waals surface area contributed by atoms with Crippen molar-refractivity contribution < 1.29 is 9.59 Å². The van der Waals surface area contributed by atoms with E-state index in [4.69, 9.17) is 0 Å². The second-order valence-electron chi connectivity index (χ2n) is 8.22. The van der Waals surface area contributed by atoms with Gasteiger partial charge in [-0.15, -0.1) is 0 Å². The number of amides is 2. The Morgan fingerprint density at radius 3 is 2.57 bits per heavy atom. The molecule has 1 saturated heterocycles. The summed E-state index contributed by atoms with van der Waals surface area (Å²) in [4.78, 5) is 31.7. The van der Waals surface area contributed by atoms with Crippen molar-refractivity contribution in [3.05, 3.63) is 24.3 Å². The van der Waals surface area contributed by atoms with Crippen LogP contribution in [0.5, 0.6) is 0 Å². The number of benzene rings is 1. The number of rotatable bonds is 6. The molecule has 2 aromatic rings. The van der Waals surface area contributed by atoms with Crippen LogP contribution in [-0.4, -0.2) is 51.1 Å². The van der Waals surface area contributed by atoms with E-state index < -0.39 is 0 Å². The van der Waals surface area contributed by atoms with Crippen LogP contribution in [0, 0.1) is 11.8 Å². The molecule has 0 bridgehead atoms. The number of thioether (sulfide) groups is 1. The first kappa shape index (κ1) is 20.7. The molecule has 6 nitrogen and oxygen atoms in total. The molecule has 3 rings (SSSR count). The molecule has 0 saturated carbocycles. The van der Waals surface area contributed by atoms with Gasteiger partial charge in [-0.3, -0.25) is 9.59 Å². The van der Waals surface area contributed by atoms with Crippen LogP contribution in [0.15, 0.2) is 29.4 Å². The summed E-state index contributed by atoms with van der Waals surface area (Å²) in [6.45, 7) is 10.2. The van der Waals surface area contributed by atoms with E-state index in [9.17, 15) is 9.59 Å². The lowest BCUT2D eigenvalue weighted by atomic mass is 9.92. The van der Waals surface area contributed by atoms with E-state index in [-0.39, 0.29) is 24.4 Å². The Bertz CT molecular complexity index is 838. The van der Waals surface area contributed by atoms with Gasteiger partial charge in [0.25, 0.3) is 0 Å². The second-order valence-corrected chi connectivity index (χ2v) is 9.17. The van der Waals surface area contributed by atoms with Crippen molar-refractivity contribution in [2.45, 2.75) is 51.9 Å². The van der Waals surface area contributed by atoms with Crippen LogP contribution in [0.4, 0.5) is 0 Å². The van der Waals surface area contributed by atoms with Crippen LogP contribution < -0.4 is 5.32 Å². The lowest BCUT2D eigenvalue weighted by Crippen LogP contribution is -2.43. The fourth-order valence-corrected chi connectivity index (χ4v) is 4.83. The van der Waals surface area contributed by atoms with Crippen molar-refractivity contribution in [1.29, 1.82) is 0 Å². The van der Waals surface area contributed by atoms with Crippen LogP contribution in [0.2, 0.25) is 0 Å². The van der Waals surface area contributed by atoms with Crippen molar-refractivity contribution in [2.75, 3.05) is 18.8 Å². The van der Waals surface area contributed by atoms with Gasteiger partial charge in [0.15, 0.2) is 5.16 Å². The summed E-state index contributed by atoms with van der Waals surface area (Å²) in [7, 11) is 0. The lowest BCUT2D eigenvalue weighted by molar-refractivity contribution is -0.131. The molecule has 2 amide bonds. The summed E-state index contributed by atoms with van der Waals surface area (Å²) in [5, 5.41) is 3.64. The van der Waals surface area contributed by atoms with E-state index in [2.05, 4.69) is 24.1 Å². The highest BCUT2D eigenvalue weighted by Crippen LogP contribution is 2.26. The average Bonchev–Trinajstić information content (AvgIpc) is 2.95. The number of fused-ring (bicyclic) bond motifs is 1. The monoisotopic (exact) mass is 402 g/mol. The van der Waals surface area contributed by atoms with Crippen molar-refractivity contribution in [3.63, 3.8) is 0 Å². The maximum Gasteiger partial charge on any atom is 0.240 e. The zero-order valence-corrected chi connectivity index (χ0v) is 18.0. The number of piperidine rings is 1. The smallest absolute Gasteiger partial charge is 0.240 e. The maximum atomic E-state index is 12.7. The topological polar surface area (TPSA) is 67.2 Å². The van der Waals surface area contributed by atoms with Gasteiger partial charge >= 0.3 is 0 Å².